The van der Waals surface area contributed by atoms with Crippen LogP contribution in [0.5, 0.6) is 0 Å². The van der Waals surface area contributed by atoms with Crippen molar-refractivity contribution in [2.45, 2.75) is 18.5 Å². The highest BCUT2D eigenvalue weighted by Gasteiger charge is 2.33. The average molecular weight is 216 g/mol. The summed E-state index contributed by atoms with van der Waals surface area (Å²) in [6, 6.07) is 4.09. The van der Waals surface area contributed by atoms with Gasteiger partial charge in [-0.2, -0.15) is 13.2 Å². The number of alkyl halides is 3. The van der Waals surface area contributed by atoms with Crippen LogP contribution >= 0.6 is 0 Å². The molecule has 1 atom stereocenters. The lowest BCUT2D eigenvalue weighted by Gasteiger charge is -2.11. The Kier molecular flexibility index (Phi) is 2.65. The highest BCUT2D eigenvalue weighted by Crippen LogP contribution is 2.29. The molecule has 1 aliphatic heterocycles. The molecule has 0 saturated carbocycles. The van der Waals surface area contributed by atoms with Crippen LogP contribution < -0.4 is 5.32 Å². The highest BCUT2D eigenvalue weighted by atomic mass is 19.4. The second-order valence-electron chi connectivity index (χ2n) is 3.64. The van der Waals surface area contributed by atoms with Gasteiger partial charge in [-0.25, -0.2) is 4.98 Å². The first-order valence-corrected chi connectivity index (χ1v) is 4.82. The van der Waals surface area contributed by atoms with E-state index in [9.17, 15) is 13.2 Å². The molecule has 1 aromatic heterocycles. The van der Waals surface area contributed by atoms with E-state index in [2.05, 4.69) is 10.3 Å². The Morgan fingerprint density at radius 1 is 1.33 bits per heavy atom. The Morgan fingerprint density at radius 3 is 2.73 bits per heavy atom. The van der Waals surface area contributed by atoms with Gasteiger partial charge in [-0.05, 0) is 25.1 Å². The second-order valence-corrected chi connectivity index (χ2v) is 3.64. The molecule has 0 aliphatic carbocycles. The SMILES string of the molecule is FC(F)(F)c1cccc([C@@H]2CCNC2)n1. The molecule has 2 rings (SSSR count). The van der Waals surface area contributed by atoms with E-state index in [1.54, 1.807) is 6.07 Å². The third-order valence-corrected chi connectivity index (χ3v) is 2.54. The first-order chi connectivity index (χ1) is 7.07. The number of hydrogen-bond acceptors (Lipinski definition) is 2. The van der Waals surface area contributed by atoms with Crippen molar-refractivity contribution in [1.82, 2.24) is 10.3 Å². The summed E-state index contributed by atoms with van der Waals surface area (Å²) in [5, 5.41) is 3.11. The van der Waals surface area contributed by atoms with Crippen LogP contribution in [0.15, 0.2) is 18.2 Å². The summed E-state index contributed by atoms with van der Waals surface area (Å²) in [5.74, 6) is 0.118. The van der Waals surface area contributed by atoms with Crippen LogP contribution in [0.1, 0.15) is 23.7 Å². The molecule has 1 saturated heterocycles. The maximum absolute atomic E-state index is 12.4. The monoisotopic (exact) mass is 216 g/mol. The largest absolute Gasteiger partial charge is 0.433 e. The minimum absolute atomic E-state index is 0.118. The smallest absolute Gasteiger partial charge is 0.316 e. The van der Waals surface area contributed by atoms with Crippen molar-refractivity contribution in [1.29, 1.82) is 0 Å². The Bertz CT molecular complexity index is 343. The molecule has 5 heteroatoms. The maximum Gasteiger partial charge on any atom is 0.433 e. The zero-order chi connectivity index (χ0) is 10.9. The minimum atomic E-state index is -4.35. The zero-order valence-electron chi connectivity index (χ0n) is 8.01. The van der Waals surface area contributed by atoms with Gasteiger partial charge in [-0.1, -0.05) is 6.07 Å². The number of halogens is 3. The van der Waals surface area contributed by atoms with Crippen molar-refractivity contribution in [3.05, 3.63) is 29.6 Å². The first kappa shape index (κ1) is 10.4. The van der Waals surface area contributed by atoms with Gasteiger partial charge >= 0.3 is 6.18 Å². The number of aromatic nitrogens is 1. The Morgan fingerprint density at radius 2 is 2.13 bits per heavy atom. The minimum Gasteiger partial charge on any atom is -0.316 e. The predicted octanol–water partition coefficient (Wildman–Crippen LogP) is 2.18. The molecule has 15 heavy (non-hydrogen) atoms. The van der Waals surface area contributed by atoms with E-state index in [-0.39, 0.29) is 5.92 Å². The molecule has 0 amide bonds. The quantitative estimate of drug-likeness (QED) is 0.778. The summed E-state index contributed by atoms with van der Waals surface area (Å²) in [4.78, 5) is 3.66. The number of rotatable bonds is 1. The molecule has 2 heterocycles. The van der Waals surface area contributed by atoms with Crippen molar-refractivity contribution in [3.8, 4) is 0 Å². The third kappa shape index (κ3) is 2.28. The summed E-state index contributed by atoms with van der Waals surface area (Å²) in [7, 11) is 0. The van der Waals surface area contributed by atoms with Crippen LogP contribution in [0.3, 0.4) is 0 Å². The average Bonchev–Trinajstić information content (AvgIpc) is 2.69. The van der Waals surface area contributed by atoms with E-state index in [0.717, 1.165) is 19.0 Å². The molecule has 0 radical (unpaired) electrons. The lowest BCUT2D eigenvalue weighted by Crippen LogP contribution is -2.12. The van der Waals surface area contributed by atoms with Gasteiger partial charge < -0.3 is 5.32 Å². The van der Waals surface area contributed by atoms with Gasteiger partial charge in [0.05, 0.1) is 0 Å². The molecule has 82 valence electrons. The lowest BCUT2D eigenvalue weighted by atomic mass is 10.0. The molecule has 1 fully saturated rings. The topological polar surface area (TPSA) is 24.9 Å². The predicted molar refractivity (Wildman–Crippen MR) is 49.5 cm³/mol. The van der Waals surface area contributed by atoms with Gasteiger partial charge in [0.15, 0.2) is 0 Å². The van der Waals surface area contributed by atoms with E-state index in [1.807, 2.05) is 0 Å². The van der Waals surface area contributed by atoms with E-state index in [0.29, 0.717) is 12.2 Å². The molecular weight excluding hydrogens is 205 g/mol. The molecule has 0 aromatic carbocycles. The van der Waals surface area contributed by atoms with Crippen molar-refractivity contribution in [3.63, 3.8) is 0 Å². The van der Waals surface area contributed by atoms with Crippen LogP contribution in [-0.4, -0.2) is 18.1 Å². The molecule has 0 spiro atoms. The van der Waals surface area contributed by atoms with Crippen molar-refractivity contribution in [2.24, 2.45) is 0 Å². The number of nitrogens with zero attached hydrogens (tertiary/aromatic N) is 1. The van der Waals surface area contributed by atoms with Crippen LogP contribution in [0.4, 0.5) is 13.2 Å². The summed E-state index contributed by atoms with van der Waals surface area (Å²) in [5.41, 5.74) is -0.262. The summed E-state index contributed by atoms with van der Waals surface area (Å²) < 4.78 is 37.1. The molecule has 0 bridgehead atoms. The molecule has 0 unspecified atom stereocenters. The number of hydrogen-bond donors (Lipinski definition) is 1. The Labute approximate surface area is 85.5 Å². The van der Waals surface area contributed by atoms with E-state index in [4.69, 9.17) is 0 Å². The first-order valence-electron chi connectivity index (χ1n) is 4.82. The van der Waals surface area contributed by atoms with Crippen molar-refractivity contribution >= 4 is 0 Å². The fourth-order valence-corrected chi connectivity index (χ4v) is 1.74. The lowest BCUT2D eigenvalue weighted by molar-refractivity contribution is -0.141. The normalized spacial score (nSPS) is 21.9. The van der Waals surface area contributed by atoms with E-state index < -0.39 is 11.9 Å². The van der Waals surface area contributed by atoms with E-state index >= 15 is 0 Å². The summed E-state index contributed by atoms with van der Waals surface area (Å²) in [6.45, 7) is 1.57. The second kappa shape index (κ2) is 3.81. The van der Waals surface area contributed by atoms with Gasteiger partial charge in [0.1, 0.15) is 5.69 Å². The molecule has 1 N–H and O–H groups in total. The number of pyridine rings is 1. The van der Waals surface area contributed by atoms with Gasteiger partial charge in [-0.3, -0.25) is 0 Å². The third-order valence-electron chi connectivity index (χ3n) is 2.54. The molecule has 1 aromatic rings. The molecule has 2 nitrogen and oxygen atoms in total. The number of nitrogens with one attached hydrogen (secondary N) is 1. The van der Waals surface area contributed by atoms with Crippen LogP contribution in [0.2, 0.25) is 0 Å². The van der Waals surface area contributed by atoms with Crippen LogP contribution in [0.25, 0.3) is 0 Å². The highest BCUT2D eigenvalue weighted by molar-refractivity contribution is 5.18. The maximum atomic E-state index is 12.4. The Balaban J connectivity index is 2.26. The molecule has 1 aliphatic rings. The van der Waals surface area contributed by atoms with Gasteiger partial charge in [-0.15, -0.1) is 0 Å². The summed E-state index contributed by atoms with van der Waals surface area (Å²) >= 11 is 0. The van der Waals surface area contributed by atoms with Crippen molar-refractivity contribution < 1.29 is 13.2 Å². The fourth-order valence-electron chi connectivity index (χ4n) is 1.74. The fraction of sp³-hybridized carbons (Fsp3) is 0.500. The van der Waals surface area contributed by atoms with Gasteiger partial charge in [0.2, 0.25) is 0 Å². The van der Waals surface area contributed by atoms with Crippen LogP contribution in [0, 0.1) is 0 Å². The van der Waals surface area contributed by atoms with Gasteiger partial charge in [0.25, 0.3) is 0 Å². The van der Waals surface area contributed by atoms with E-state index in [1.165, 1.54) is 6.07 Å². The van der Waals surface area contributed by atoms with Crippen molar-refractivity contribution in [2.75, 3.05) is 13.1 Å². The summed E-state index contributed by atoms with van der Waals surface area (Å²) in [6.07, 6.45) is -3.49. The Hall–Kier alpha value is -1.10. The zero-order valence-corrected chi connectivity index (χ0v) is 8.01. The standard InChI is InChI=1S/C10H11F3N2/c11-10(12,13)9-3-1-2-8(15-9)7-4-5-14-6-7/h1-3,7,14H,4-6H2/t7-/m1/s1. The molecular formula is C10H11F3N2. The van der Waals surface area contributed by atoms with Crippen LogP contribution in [-0.2, 0) is 6.18 Å². The van der Waals surface area contributed by atoms with Gasteiger partial charge in [0, 0.05) is 18.2 Å².